The highest BCUT2D eigenvalue weighted by Gasteiger charge is 2.36. The van der Waals surface area contributed by atoms with Crippen LogP contribution in [0.1, 0.15) is 70.1 Å². The van der Waals surface area contributed by atoms with E-state index in [0.29, 0.717) is 35.1 Å². The van der Waals surface area contributed by atoms with Gasteiger partial charge in [-0.05, 0) is 36.7 Å². The number of ether oxygens (including phenoxy) is 1. The summed E-state index contributed by atoms with van der Waals surface area (Å²) in [5.41, 5.74) is 7.12. The summed E-state index contributed by atoms with van der Waals surface area (Å²) in [6.07, 6.45) is 4.13. The van der Waals surface area contributed by atoms with Crippen LogP contribution in [0.25, 0.3) is 0 Å². The van der Waals surface area contributed by atoms with Crippen LogP contribution < -0.4 is 21.1 Å². The fourth-order valence-electron chi connectivity index (χ4n) is 6.46. The van der Waals surface area contributed by atoms with Gasteiger partial charge >= 0.3 is 0 Å². The lowest BCUT2D eigenvalue weighted by Crippen LogP contribution is -2.59. The van der Waals surface area contributed by atoms with Gasteiger partial charge in [0.1, 0.15) is 6.04 Å². The molecule has 13 nitrogen and oxygen atoms in total. The monoisotopic (exact) mass is 708 g/mol. The van der Waals surface area contributed by atoms with E-state index in [1.807, 2.05) is 19.9 Å². The van der Waals surface area contributed by atoms with Gasteiger partial charge in [0.05, 0.1) is 37.2 Å². The lowest BCUT2D eigenvalue weighted by molar-refractivity contribution is -0.133. The van der Waals surface area contributed by atoms with Gasteiger partial charge in [-0.3, -0.25) is 14.9 Å². The van der Waals surface area contributed by atoms with Crippen molar-refractivity contribution in [1.82, 2.24) is 24.6 Å². The van der Waals surface area contributed by atoms with E-state index in [4.69, 9.17) is 10.5 Å². The molecule has 0 spiro atoms. The number of nitrogens with zero attached hydrogens (tertiary/aromatic N) is 2. The Bertz CT molecular complexity index is 1400. The van der Waals surface area contributed by atoms with E-state index in [9.17, 15) is 28.2 Å². The molecule has 2 aromatic rings. The number of nitrogens with one attached hydrogen (secondary N) is 3. The molecule has 2 amide bonds. The van der Waals surface area contributed by atoms with Gasteiger partial charge in [0.2, 0.25) is 11.8 Å². The highest BCUT2D eigenvalue weighted by atomic mass is 32.2. The number of anilines is 1. The minimum Gasteiger partial charge on any atom is -0.390 e. The van der Waals surface area contributed by atoms with E-state index in [0.717, 1.165) is 32.1 Å². The molecule has 0 radical (unpaired) electrons. The molecular formula is C33H52N6O7S2. The molecule has 2 fully saturated rings. The van der Waals surface area contributed by atoms with Gasteiger partial charge in [-0.2, -0.15) is 17.4 Å². The Kier molecular flexibility index (Phi) is 14.7. The molecule has 1 saturated heterocycles. The maximum atomic E-state index is 14.0. The van der Waals surface area contributed by atoms with Crippen LogP contribution in [0.3, 0.4) is 0 Å². The molecule has 0 bridgehead atoms. The summed E-state index contributed by atoms with van der Waals surface area (Å²) in [7, 11) is -4.08. The highest BCUT2D eigenvalue weighted by Crippen LogP contribution is 2.29. The average Bonchev–Trinajstić information content (AvgIpc) is 3.48. The van der Waals surface area contributed by atoms with Crippen molar-refractivity contribution >= 4 is 38.5 Å². The van der Waals surface area contributed by atoms with Gasteiger partial charge in [0.15, 0.2) is 5.13 Å². The first-order valence-electron chi connectivity index (χ1n) is 17.0. The van der Waals surface area contributed by atoms with Gasteiger partial charge < -0.3 is 26.0 Å². The number of imide groups is 1. The molecule has 48 heavy (non-hydrogen) atoms. The minimum absolute atomic E-state index is 0.00858. The number of hydrogen-bond acceptors (Lipinski definition) is 11. The van der Waals surface area contributed by atoms with E-state index < -0.39 is 52.4 Å². The Morgan fingerprint density at radius 2 is 1.71 bits per heavy atom. The zero-order valence-electron chi connectivity index (χ0n) is 27.9. The zero-order valence-corrected chi connectivity index (χ0v) is 29.6. The third-order valence-electron chi connectivity index (χ3n) is 8.99. The number of aliphatic hydroxyl groups excluding tert-OH is 2. The maximum Gasteiger partial charge on any atom is 0.280 e. The fraction of sp³-hybridized carbons (Fsp3) is 0.667. The van der Waals surface area contributed by atoms with Crippen LogP contribution in [0.4, 0.5) is 5.13 Å². The summed E-state index contributed by atoms with van der Waals surface area (Å²) in [6.45, 7) is 4.70. The van der Waals surface area contributed by atoms with Gasteiger partial charge in [-0.25, -0.2) is 4.98 Å². The van der Waals surface area contributed by atoms with E-state index in [-0.39, 0.29) is 45.1 Å². The standard InChI is InChI=1S/C33H52N6O7S2/c1-22(2)17-29(40)30(41)26(18-23-9-5-3-6-10-23)36-27(20-25-21-47-33(34)35-25)31(42)37-32(43)28(19-24-11-7-4-8-12-24)38-48(44,45)39-13-15-46-16-14-39/h4,7-8,11-12,21-23,26-30,36,38,40-41H,3,5-6,9-10,13-20H2,1-2H3,(H2,34,35)(H,37,42,43)/t26-,27-,28-,29-,30+/m0/s1. The second-order valence-corrected chi connectivity index (χ2v) is 16.0. The molecule has 1 saturated carbocycles. The molecule has 268 valence electrons. The maximum absolute atomic E-state index is 14.0. The molecule has 2 heterocycles. The predicted octanol–water partition coefficient (Wildman–Crippen LogP) is 1.75. The third-order valence-corrected chi connectivity index (χ3v) is 11.3. The SMILES string of the molecule is CC(C)C[C@H](O)[C@H](O)[C@H](CC1CCCCC1)N[C@@H](Cc1csc(N)n1)C(=O)NC(=O)[C@H](Cc1ccccc1)NS(=O)(=O)N1CCOCC1. The molecule has 1 aliphatic heterocycles. The first-order valence-corrected chi connectivity index (χ1v) is 19.3. The molecule has 0 unspecified atom stereocenters. The summed E-state index contributed by atoms with van der Waals surface area (Å²) >= 11 is 1.22. The molecule has 1 aromatic heterocycles. The minimum atomic E-state index is -4.08. The Hall–Kier alpha value is -2.50. The molecule has 5 atom stereocenters. The molecule has 1 aliphatic carbocycles. The number of aromatic nitrogens is 1. The first kappa shape index (κ1) is 38.3. The number of carbonyl (C=O) groups excluding carboxylic acids is 2. The fourth-order valence-corrected chi connectivity index (χ4v) is 8.37. The van der Waals surface area contributed by atoms with Crippen molar-refractivity contribution in [2.45, 2.75) is 102 Å². The number of benzene rings is 1. The topological polar surface area (TPSA) is 196 Å². The van der Waals surface area contributed by atoms with Crippen LogP contribution >= 0.6 is 11.3 Å². The lowest BCUT2D eigenvalue weighted by atomic mass is 9.82. The quantitative estimate of drug-likeness (QED) is 0.141. The van der Waals surface area contributed by atoms with Gasteiger partial charge in [-0.1, -0.05) is 76.3 Å². The normalized spacial score (nSPS) is 19.8. The summed E-state index contributed by atoms with van der Waals surface area (Å²) in [5, 5.41) is 30.2. The number of thiazole rings is 1. The molecule has 2 aliphatic rings. The number of aliphatic hydroxyl groups is 2. The van der Waals surface area contributed by atoms with Crippen molar-refractivity contribution in [2.75, 3.05) is 32.0 Å². The summed E-state index contributed by atoms with van der Waals surface area (Å²) < 4.78 is 35.7. The van der Waals surface area contributed by atoms with E-state index in [2.05, 4.69) is 20.3 Å². The number of nitrogens with two attached hydrogens (primary N) is 1. The molecule has 7 N–H and O–H groups in total. The Balaban J connectivity index is 1.57. The van der Waals surface area contributed by atoms with Crippen molar-refractivity contribution in [3.8, 4) is 0 Å². The second-order valence-electron chi connectivity index (χ2n) is 13.4. The largest absolute Gasteiger partial charge is 0.390 e. The van der Waals surface area contributed by atoms with Crippen LogP contribution in [0.2, 0.25) is 0 Å². The van der Waals surface area contributed by atoms with Crippen LogP contribution in [0.5, 0.6) is 0 Å². The predicted molar refractivity (Wildman–Crippen MR) is 185 cm³/mol. The van der Waals surface area contributed by atoms with Crippen molar-refractivity contribution in [2.24, 2.45) is 11.8 Å². The number of hydrogen-bond donors (Lipinski definition) is 6. The number of amides is 2. The van der Waals surface area contributed by atoms with Crippen LogP contribution in [0, 0.1) is 11.8 Å². The van der Waals surface area contributed by atoms with Crippen molar-refractivity contribution < 1.29 is 33.0 Å². The number of carbonyl (C=O) groups is 2. The van der Waals surface area contributed by atoms with Crippen molar-refractivity contribution in [1.29, 1.82) is 0 Å². The average molecular weight is 709 g/mol. The Labute approximate surface area is 288 Å². The Morgan fingerprint density at radius 3 is 2.33 bits per heavy atom. The highest BCUT2D eigenvalue weighted by molar-refractivity contribution is 7.87. The number of nitrogen functional groups attached to an aromatic ring is 1. The second kappa shape index (κ2) is 18.5. The molecular weight excluding hydrogens is 657 g/mol. The molecule has 15 heteroatoms. The van der Waals surface area contributed by atoms with Gasteiger partial charge in [-0.15, -0.1) is 11.3 Å². The smallest absolute Gasteiger partial charge is 0.280 e. The van der Waals surface area contributed by atoms with E-state index >= 15 is 0 Å². The van der Waals surface area contributed by atoms with Crippen LogP contribution in [0.15, 0.2) is 35.7 Å². The number of morpholine rings is 1. The summed E-state index contributed by atoms with van der Waals surface area (Å²) in [5.74, 6) is -1.06. The van der Waals surface area contributed by atoms with Crippen LogP contribution in [-0.2, 0) is 37.4 Å². The van der Waals surface area contributed by atoms with Crippen LogP contribution in [-0.4, -0.2) is 96.4 Å². The van der Waals surface area contributed by atoms with E-state index in [1.54, 1.807) is 29.6 Å². The van der Waals surface area contributed by atoms with E-state index in [1.165, 1.54) is 15.6 Å². The van der Waals surface area contributed by atoms with Gasteiger partial charge in [0.25, 0.3) is 10.2 Å². The summed E-state index contributed by atoms with van der Waals surface area (Å²) in [4.78, 5) is 32.1. The molecule has 1 aromatic carbocycles. The molecule has 4 rings (SSSR count). The zero-order chi connectivity index (χ0) is 34.7. The Morgan fingerprint density at radius 1 is 1.04 bits per heavy atom. The summed E-state index contributed by atoms with van der Waals surface area (Å²) in [6, 6.07) is 5.97. The number of rotatable bonds is 17. The first-order chi connectivity index (χ1) is 22.9. The van der Waals surface area contributed by atoms with Gasteiger partial charge in [0, 0.05) is 30.9 Å². The lowest BCUT2D eigenvalue weighted by Gasteiger charge is -2.35. The van der Waals surface area contributed by atoms with Crippen molar-refractivity contribution in [3.05, 3.63) is 47.0 Å². The van der Waals surface area contributed by atoms with Crippen molar-refractivity contribution in [3.63, 3.8) is 0 Å². The third kappa shape index (κ3) is 11.8.